The van der Waals surface area contributed by atoms with E-state index in [0.29, 0.717) is 0 Å². The van der Waals surface area contributed by atoms with Gasteiger partial charge in [0.05, 0.1) is 0 Å². The van der Waals surface area contributed by atoms with Crippen molar-refractivity contribution in [2.75, 3.05) is 19.6 Å². The second-order valence-electron chi connectivity index (χ2n) is 7.54. The highest BCUT2D eigenvalue weighted by atomic mass is 15.2. The van der Waals surface area contributed by atoms with Gasteiger partial charge in [0.2, 0.25) is 0 Å². The van der Waals surface area contributed by atoms with Crippen LogP contribution >= 0.6 is 0 Å². The highest BCUT2D eigenvalue weighted by molar-refractivity contribution is 5.29. The molecule has 2 unspecified atom stereocenters. The van der Waals surface area contributed by atoms with Crippen molar-refractivity contribution in [3.05, 3.63) is 35.4 Å². The van der Waals surface area contributed by atoms with Crippen LogP contribution in [0.15, 0.2) is 24.3 Å². The number of nitrogens with zero attached hydrogens (tertiary/aromatic N) is 1. The molecule has 21 heavy (non-hydrogen) atoms. The van der Waals surface area contributed by atoms with Gasteiger partial charge in [-0.3, -0.25) is 4.90 Å². The van der Waals surface area contributed by atoms with Crippen LogP contribution in [0.3, 0.4) is 0 Å². The third-order valence-electron chi connectivity index (χ3n) is 5.73. The quantitative estimate of drug-likeness (QED) is 0.904. The number of fused-ring (bicyclic) bond motifs is 1. The molecule has 0 radical (unpaired) electrons. The zero-order chi connectivity index (χ0) is 14.9. The minimum absolute atomic E-state index is 0.249. The molecule has 1 aromatic rings. The van der Waals surface area contributed by atoms with Crippen molar-refractivity contribution >= 4 is 0 Å². The van der Waals surface area contributed by atoms with Gasteiger partial charge in [0, 0.05) is 25.2 Å². The van der Waals surface area contributed by atoms with Gasteiger partial charge < -0.3 is 5.73 Å². The third-order valence-corrected chi connectivity index (χ3v) is 5.73. The smallest absolute Gasteiger partial charge is 0.0337 e. The van der Waals surface area contributed by atoms with E-state index in [1.807, 2.05) is 0 Å². The lowest BCUT2D eigenvalue weighted by Gasteiger charge is -2.49. The fourth-order valence-electron chi connectivity index (χ4n) is 4.93. The third kappa shape index (κ3) is 3.02. The SMILES string of the molecule is CC1CC(C)CC(CN)(N2CCc3ccccc3CC2)C1. The fraction of sp³-hybridized carbons (Fsp3) is 0.684. The Balaban J connectivity index is 1.80. The number of hydrogen-bond acceptors (Lipinski definition) is 2. The van der Waals surface area contributed by atoms with Gasteiger partial charge in [0.15, 0.2) is 0 Å². The van der Waals surface area contributed by atoms with Gasteiger partial charge in [-0.15, -0.1) is 0 Å². The topological polar surface area (TPSA) is 29.3 Å². The normalized spacial score (nSPS) is 34.2. The molecule has 0 amide bonds. The van der Waals surface area contributed by atoms with Gasteiger partial charge in [-0.1, -0.05) is 38.1 Å². The Bertz CT molecular complexity index is 445. The van der Waals surface area contributed by atoms with Crippen LogP contribution in [0, 0.1) is 11.8 Å². The average Bonchev–Trinajstić information content (AvgIpc) is 2.69. The molecule has 1 saturated carbocycles. The summed E-state index contributed by atoms with van der Waals surface area (Å²) in [6.07, 6.45) is 6.30. The minimum atomic E-state index is 0.249. The van der Waals surface area contributed by atoms with E-state index in [-0.39, 0.29) is 5.54 Å². The maximum Gasteiger partial charge on any atom is 0.0337 e. The van der Waals surface area contributed by atoms with Crippen molar-refractivity contribution in [3.8, 4) is 0 Å². The first-order valence-corrected chi connectivity index (χ1v) is 8.65. The molecule has 2 heteroatoms. The van der Waals surface area contributed by atoms with Crippen LogP contribution in [0.25, 0.3) is 0 Å². The molecule has 3 rings (SSSR count). The minimum Gasteiger partial charge on any atom is -0.329 e. The van der Waals surface area contributed by atoms with Crippen molar-refractivity contribution < 1.29 is 0 Å². The summed E-state index contributed by atoms with van der Waals surface area (Å²) in [6, 6.07) is 8.97. The number of nitrogens with two attached hydrogens (primary N) is 1. The summed E-state index contributed by atoms with van der Waals surface area (Å²) in [7, 11) is 0. The Morgan fingerprint density at radius 3 is 2.05 bits per heavy atom. The summed E-state index contributed by atoms with van der Waals surface area (Å²) in [5, 5.41) is 0. The molecule has 2 N–H and O–H groups in total. The maximum atomic E-state index is 6.31. The first kappa shape index (κ1) is 15.1. The van der Waals surface area contributed by atoms with Crippen molar-refractivity contribution in [2.24, 2.45) is 17.6 Å². The molecule has 2 nitrogen and oxygen atoms in total. The summed E-state index contributed by atoms with van der Waals surface area (Å²) in [5.41, 5.74) is 9.65. The summed E-state index contributed by atoms with van der Waals surface area (Å²) in [4.78, 5) is 2.74. The van der Waals surface area contributed by atoms with Gasteiger partial charge in [-0.2, -0.15) is 0 Å². The largest absolute Gasteiger partial charge is 0.329 e. The van der Waals surface area contributed by atoms with Crippen LogP contribution < -0.4 is 5.73 Å². The lowest BCUT2D eigenvalue weighted by Crippen LogP contribution is -2.58. The monoisotopic (exact) mass is 286 g/mol. The van der Waals surface area contributed by atoms with Gasteiger partial charge in [-0.25, -0.2) is 0 Å². The Hall–Kier alpha value is -0.860. The Morgan fingerprint density at radius 1 is 1.05 bits per heavy atom. The Morgan fingerprint density at radius 2 is 1.57 bits per heavy atom. The highest BCUT2D eigenvalue weighted by Gasteiger charge is 2.41. The molecular weight excluding hydrogens is 256 g/mol. The van der Waals surface area contributed by atoms with Gasteiger partial charge >= 0.3 is 0 Å². The zero-order valence-corrected chi connectivity index (χ0v) is 13.6. The van der Waals surface area contributed by atoms with Crippen LogP contribution in [0.5, 0.6) is 0 Å². The van der Waals surface area contributed by atoms with E-state index >= 15 is 0 Å². The predicted octanol–water partition coefficient (Wildman–Crippen LogP) is 3.24. The van der Waals surface area contributed by atoms with Crippen LogP contribution in [-0.4, -0.2) is 30.1 Å². The van der Waals surface area contributed by atoms with Gasteiger partial charge in [0.1, 0.15) is 0 Å². The molecule has 1 aromatic carbocycles. The summed E-state index contributed by atoms with van der Waals surface area (Å²) in [5.74, 6) is 1.62. The molecule has 2 aliphatic rings. The van der Waals surface area contributed by atoms with Crippen molar-refractivity contribution in [3.63, 3.8) is 0 Å². The summed E-state index contributed by atoms with van der Waals surface area (Å²) >= 11 is 0. The molecule has 0 bridgehead atoms. The molecule has 0 spiro atoms. The van der Waals surface area contributed by atoms with Gasteiger partial charge in [0.25, 0.3) is 0 Å². The van der Waals surface area contributed by atoms with Crippen LogP contribution in [0.1, 0.15) is 44.2 Å². The predicted molar refractivity (Wildman–Crippen MR) is 89.4 cm³/mol. The molecule has 1 heterocycles. The van der Waals surface area contributed by atoms with Crippen LogP contribution in [-0.2, 0) is 12.8 Å². The first-order valence-electron chi connectivity index (χ1n) is 8.65. The van der Waals surface area contributed by atoms with E-state index in [2.05, 4.69) is 43.0 Å². The van der Waals surface area contributed by atoms with E-state index in [4.69, 9.17) is 5.73 Å². The number of rotatable bonds is 2. The lowest BCUT2D eigenvalue weighted by atomic mass is 9.70. The molecular formula is C19H30N2. The average molecular weight is 286 g/mol. The molecule has 1 fully saturated rings. The van der Waals surface area contributed by atoms with Crippen LogP contribution in [0.4, 0.5) is 0 Å². The van der Waals surface area contributed by atoms with Crippen LogP contribution in [0.2, 0.25) is 0 Å². The first-order chi connectivity index (χ1) is 10.1. The second-order valence-corrected chi connectivity index (χ2v) is 7.54. The van der Waals surface area contributed by atoms with E-state index in [1.165, 1.54) is 45.2 Å². The molecule has 116 valence electrons. The second kappa shape index (κ2) is 6.10. The maximum absolute atomic E-state index is 6.31. The van der Waals surface area contributed by atoms with Crippen molar-refractivity contribution in [1.82, 2.24) is 4.90 Å². The van der Waals surface area contributed by atoms with Crippen molar-refractivity contribution in [1.29, 1.82) is 0 Å². The molecule has 1 aliphatic carbocycles. The Kier molecular flexibility index (Phi) is 4.37. The van der Waals surface area contributed by atoms with E-state index in [0.717, 1.165) is 18.4 Å². The number of hydrogen-bond donors (Lipinski definition) is 1. The van der Waals surface area contributed by atoms with E-state index in [1.54, 1.807) is 11.1 Å². The summed E-state index contributed by atoms with van der Waals surface area (Å²) in [6.45, 7) is 7.98. The molecule has 0 aromatic heterocycles. The molecule has 0 saturated heterocycles. The highest BCUT2D eigenvalue weighted by Crippen LogP contribution is 2.40. The zero-order valence-electron chi connectivity index (χ0n) is 13.6. The van der Waals surface area contributed by atoms with Crippen molar-refractivity contribution in [2.45, 2.75) is 51.5 Å². The van der Waals surface area contributed by atoms with Gasteiger partial charge in [-0.05, 0) is 55.1 Å². The molecule has 2 atom stereocenters. The summed E-state index contributed by atoms with van der Waals surface area (Å²) < 4.78 is 0. The Labute approximate surface area is 129 Å². The fourth-order valence-corrected chi connectivity index (χ4v) is 4.93. The van der Waals surface area contributed by atoms with E-state index in [9.17, 15) is 0 Å². The molecule has 1 aliphatic heterocycles. The standard InChI is InChI=1S/C19H30N2/c1-15-11-16(2)13-19(12-15,14-20)21-9-7-17-5-3-4-6-18(17)8-10-21/h3-6,15-16H,7-14,20H2,1-2H3. The lowest BCUT2D eigenvalue weighted by molar-refractivity contribution is 0.0223. The van der Waals surface area contributed by atoms with E-state index < -0.39 is 0 Å². The number of benzene rings is 1.